The molecule has 0 bridgehead atoms. The van der Waals surface area contributed by atoms with Crippen LogP contribution in [0.1, 0.15) is 84.0 Å². The molecule has 17 heavy (non-hydrogen) atoms. The van der Waals surface area contributed by atoms with Crippen LogP contribution in [0.3, 0.4) is 0 Å². The van der Waals surface area contributed by atoms with Gasteiger partial charge in [-0.25, -0.2) is 0 Å². The van der Waals surface area contributed by atoms with Crippen LogP contribution in [0.15, 0.2) is 12.2 Å². The number of allylic oxidation sites excluding steroid dienone is 2. The minimum absolute atomic E-state index is 0.744. The lowest BCUT2D eigenvalue weighted by Crippen LogP contribution is -1.79. The third-order valence-corrected chi connectivity index (χ3v) is 3.08. The molecule has 100 valence electrons. The summed E-state index contributed by atoms with van der Waals surface area (Å²) >= 11 is 0. The fraction of sp³-hybridized carbons (Fsp3) is 0.812. The number of hydrogen-bond donors (Lipinski definition) is 0. The topological polar surface area (TPSA) is 17.1 Å². The molecule has 0 aliphatic carbocycles. The van der Waals surface area contributed by atoms with Crippen molar-refractivity contribution in [1.29, 1.82) is 0 Å². The minimum Gasteiger partial charge on any atom is -0.303 e. The molecule has 0 radical (unpaired) electrons. The maximum atomic E-state index is 10.1. The Kier molecular flexibility index (Phi) is 14.9. The highest BCUT2D eigenvalue weighted by molar-refractivity contribution is 5.48. The van der Waals surface area contributed by atoms with Gasteiger partial charge in [0.05, 0.1) is 0 Å². The van der Waals surface area contributed by atoms with E-state index in [0.29, 0.717) is 0 Å². The highest BCUT2D eigenvalue weighted by Crippen LogP contribution is 2.07. The zero-order valence-electron chi connectivity index (χ0n) is 11.6. The number of carbonyl (C=O) groups excluding carboxylic acids is 1. The van der Waals surface area contributed by atoms with E-state index in [4.69, 9.17) is 0 Å². The van der Waals surface area contributed by atoms with Crippen molar-refractivity contribution in [2.45, 2.75) is 84.0 Å². The van der Waals surface area contributed by atoms with Crippen LogP contribution in [0.25, 0.3) is 0 Å². The predicted molar refractivity (Wildman–Crippen MR) is 76.3 cm³/mol. The first kappa shape index (κ1) is 16.4. The fourth-order valence-electron chi connectivity index (χ4n) is 1.94. The molecule has 0 saturated carbocycles. The molecule has 0 saturated heterocycles. The minimum atomic E-state index is 0.744. The molecule has 0 aliphatic heterocycles. The van der Waals surface area contributed by atoms with Crippen LogP contribution in [0.4, 0.5) is 0 Å². The monoisotopic (exact) mass is 238 g/mol. The summed E-state index contributed by atoms with van der Waals surface area (Å²) in [7, 11) is 0. The van der Waals surface area contributed by atoms with Crippen molar-refractivity contribution in [1.82, 2.24) is 0 Å². The Balaban J connectivity index is 3.01. The summed E-state index contributed by atoms with van der Waals surface area (Å²) in [5.74, 6) is 0. The van der Waals surface area contributed by atoms with E-state index in [2.05, 4.69) is 19.1 Å². The lowest BCUT2D eigenvalue weighted by molar-refractivity contribution is -0.107. The first-order valence-electron chi connectivity index (χ1n) is 7.50. The zero-order chi connectivity index (χ0) is 12.6. The van der Waals surface area contributed by atoms with Crippen molar-refractivity contribution in [2.75, 3.05) is 0 Å². The molecule has 0 fully saturated rings. The first-order valence-corrected chi connectivity index (χ1v) is 7.50. The Bertz CT molecular complexity index is 172. The highest BCUT2D eigenvalue weighted by Gasteiger charge is 1.89. The van der Waals surface area contributed by atoms with Gasteiger partial charge in [0.25, 0.3) is 0 Å². The van der Waals surface area contributed by atoms with E-state index in [1.807, 2.05) is 0 Å². The molecular formula is C16H30O. The van der Waals surface area contributed by atoms with Crippen LogP contribution in [0.2, 0.25) is 0 Å². The van der Waals surface area contributed by atoms with E-state index in [9.17, 15) is 4.79 Å². The van der Waals surface area contributed by atoms with Crippen molar-refractivity contribution < 1.29 is 4.79 Å². The largest absolute Gasteiger partial charge is 0.303 e. The Morgan fingerprint density at radius 3 is 1.59 bits per heavy atom. The Morgan fingerprint density at radius 2 is 1.12 bits per heavy atom. The van der Waals surface area contributed by atoms with Crippen LogP contribution in [-0.4, -0.2) is 6.29 Å². The molecule has 1 nitrogen and oxygen atoms in total. The summed E-state index contributed by atoms with van der Waals surface area (Å²) < 4.78 is 0. The standard InChI is InChI=1S/C16H30O/c1-2-3-4-5-6-7-8-9-10-11-12-13-14-15-16-17/h8-9,16H,2-7,10-15H2,1H3/b9-8+. The molecule has 0 spiro atoms. The molecule has 0 unspecified atom stereocenters. The molecule has 0 N–H and O–H groups in total. The van der Waals surface area contributed by atoms with Crippen LogP contribution in [0, 0.1) is 0 Å². The molecule has 0 heterocycles. The molecule has 0 amide bonds. The normalized spacial score (nSPS) is 11.1. The Hall–Kier alpha value is -0.590. The van der Waals surface area contributed by atoms with E-state index < -0.39 is 0 Å². The van der Waals surface area contributed by atoms with Crippen LogP contribution < -0.4 is 0 Å². The van der Waals surface area contributed by atoms with Gasteiger partial charge in [-0.2, -0.15) is 0 Å². The second-order valence-corrected chi connectivity index (χ2v) is 4.83. The lowest BCUT2D eigenvalue weighted by atomic mass is 10.1. The summed E-state index contributed by atoms with van der Waals surface area (Å²) in [5, 5.41) is 0. The van der Waals surface area contributed by atoms with Crippen molar-refractivity contribution >= 4 is 6.29 Å². The number of rotatable bonds is 13. The fourth-order valence-corrected chi connectivity index (χ4v) is 1.94. The van der Waals surface area contributed by atoms with Gasteiger partial charge in [0, 0.05) is 6.42 Å². The summed E-state index contributed by atoms with van der Waals surface area (Å²) in [4.78, 5) is 10.1. The molecule has 0 aliphatic rings. The SMILES string of the molecule is CCCCCCC/C=C/CCCCCCC=O. The summed E-state index contributed by atoms with van der Waals surface area (Å²) in [6.45, 7) is 2.26. The molecular weight excluding hydrogens is 208 g/mol. The van der Waals surface area contributed by atoms with Crippen LogP contribution in [-0.2, 0) is 4.79 Å². The van der Waals surface area contributed by atoms with E-state index in [1.165, 1.54) is 64.2 Å². The second-order valence-electron chi connectivity index (χ2n) is 4.83. The van der Waals surface area contributed by atoms with E-state index in [-0.39, 0.29) is 0 Å². The number of unbranched alkanes of at least 4 members (excludes halogenated alkanes) is 10. The quantitative estimate of drug-likeness (QED) is 0.237. The average molecular weight is 238 g/mol. The van der Waals surface area contributed by atoms with Gasteiger partial charge in [-0.3, -0.25) is 0 Å². The summed E-state index contributed by atoms with van der Waals surface area (Å²) in [6, 6.07) is 0. The Morgan fingerprint density at radius 1 is 0.647 bits per heavy atom. The van der Waals surface area contributed by atoms with Gasteiger partial charge in [0.1, 0.15) is 6.29 Å². The van der Waals surface area contributed by atoms with Crippen molar-refractivity contribution in [3.63, 3.8) is 0 Å². The third kappa shape index (κ3) is 15.4. The van der Waals surface area contributed by atoms with Gasteiger partial charge in [-0.1, -0.05) is 57.6 Å². The second kappa shape index (κ2) is 15.4. The summed E-state index contributed by atoms with van der Waals surface area (Å²) in [5.41, 5.74) is 0. The third-order valence-electron chi connectivity index (χ3n) is 3.08. The number of hydrogen-bond acceptors (Lipinski definition) is 1. The van der Waals surface area contributed by atoms with Gasteiger partial charge in [0.15, 0.2) is 0 Å². The molecule has 1 heteroatoms. The lowest BCUT2D eigenvalue weighted by Gasteiger charge is -1.97. The van der Waals surface area contributed by atoms with Gasteiger partial charge in [-0.15, -0.1) is 0 Å². The Labute approximate surface area is 108 Å². The van der Waals surface area contributed by atoms with Gasteiger partial charge in [-0.05, 0) is 32.1 Å². The van der Waals surface area contributed by atoms with Gasteiger partial charge >= 0.3 is 0 Å². The highest BCUT2D eigenvalue weighted by atomic mass is 16.1. The number of aldehydes is 1. The molecule has 0 aromatic rings. The predicted octanol–water partition coefficient (Wildman–Crippen LogP) is 5.44. The van der Waals surface area contributed by atoms with Gasteiger partial charge in [0.2, 0.25) is 0 Å². The van der Waals surface area contributed by atoms with Crippen molar-refractivity contribution in [2.24, 2.45) is 0 Å². The molecule has 0 aromatic heterocycles. The smallest absolute Gasteiger partial charge is 0.119 e. The van der Waals surface area contributed by atoms with Crippen molar-refractivity contribution in [3.8, 4) is 0 Å². The molecule has 0 atom stereocenters. The number of carbonyl (C=O) groups is 1. The van der Waals surface area contributed by atoms with Crippen LogP contribution >= 0.6 is 0 Å². The maximum Gasteiger partial charge on any atom is 0.119 e. The van der Waals surface area contributed by atoms with Gasteiger partial charge < -0.3 is 4.79 Å². The van der Waals surface area contributed by atoms with Crippen LogP contribution in [0.5, 0.6) is 0 Å². The van der Waals surface area contributed by atoms with E-state index in [1.54, 1.807) is 0 Å². The zero-order valence-corrected chi connectivity index (χ0v) is 11.6. The maximum absolute atomic E-state index is 10.1. The first-order chi connectivity index (χ1) is 8.41. The molecule has 0 rings (SSSR count). The van der Waals surface area contributed by atoms with E-state index >= 15 is 0 Å². The summed E-state index contributed by atoms with van der Waals surface area (Å²) in [6.07, 6.45) is 20.6. The molecule has 0 aromatic carbocycles. The van der Waals surface area contributed by atoms with Crippen molar-refractivity contribution in [3.05, 3.63) is 12.2 Å². The van der Waals surface area contributed by atoms with E-state index in [0.717, 1.165) is 19.1 Å². The average Bonchev–Trinajstić information content (AvgIpc) is 2.35.